The summed E-state index contributed by atoms with van der Waals surface area (Å²) in [5.41, 5.74) is 3.88. The SMILES string of the molecule is CC1C(=O)NCCN1C(=O)c1c(F)ccc([N+](=O)[O-])c1N. The second-order valence-electron chi connectivity index (χ2n) is 4.58. The van der Waals surface area contributed by atoms with Crippen LogP contribution in [0.2, 0.25) is 0 Å². The number of benzene rings is 1. The molecule has 1 aliphatic rings. The zero-order valence-electron chi connectivity index (χ0n) is 11.1. The second-order valence-corrected chi connectivity index (χ2v) is 4.58. The number of nitro benzene ring substituents is 1. The Morgan fingerprint density at radius 1 is 1.57 bits per heavy atom. The molecule has 1 aromatic carbocycles. The van der Waals surface area contributed by atoms with Crippen LogP contribution in [0.1, 0.15) is 17.3 Å². The number of carbonyl (C=O) groups is 2. The van der Waals surface area contributed by atoms with Crippen molar-refractivity contribution in [2.24, 2.45) is 0 Å². The molecule has 1 unspecified atom stereocenters. The number of halogens is 1. The van der Waals surface area contributed by atoms with E-state index in [0.717, 1.165) is 17.0 Å². The van der Waals surface area contributed by atoms with E-state index in [1.807, 2.05) is 0 Å². The fourth-order valence-corrected chi connectivity index (χ4v) is 2.16. The van der Waals surface area contributed by atoms with Crippen molar-refractivity contribution in [2.45, 2.75) is 13.0 Å². The van der Waals surface area contributed by atoms with Crippen molar-refractivity contribution in [3.63, 3.8) is 0 Å². The number of nitrogens with one attached hydrogen (secondary N) is 1. The first kappa shape index (κ1) is 14.7. The van der Waals surface area contributed by atoms with Crippen LogP contribution < -0.4 is 11.1 Å². The molecule has 112 valence electrons. The van der Waals surface area contributed by atoms with Gasteiger partial charge in [0.2, 0.25) is 5.91 Å². The molecule has 1 aliphatic heterocycles. The van der Waals surface area contributed by atoms with Crippen LogP contribution in [0, 0.1) is 15.9 Å². The predicted octanol–water partition coefficient (Wildman–Crippen LogP) is 0.277. The molecule has 21 heavy (non-hydrogen) atoms. The van der Waals surface area contributed by atoms with Gasteiger partial charge in [-0.1, -0.05) is 0 Å². The Kier molecular flexibility index (Phi) is 3.74. The number of hydrogen-bond acceptors (Lipinski definition) is 5. The highest BCUT2D eigenvalue weighted by Gasteiger charge is 2.34. The summed E-state index contributed by atoms with van der Waals surface area (Å²) < 4.78 is 13.9. The van der Waals surface area contributed by atoms with E-state index in [4.69, 9.17) is 5.73 Å². The van der Waals surface area contributed by atoms with Crippen molar-refractivity contribution in [2.75, 3.05) is 18.8 Å². The number of nitrogens with zero attached hydrogens (tertiary/aromatic N) is 2. The highest BCUT2D eigenvalue weighted by molar-refractivity contribution is 6.03. The van der Waals surface area contributed by atoms with E-state index < -0.39 is 39.6 Å². The van der Waals surface area contributed by atoms with E-state index >= 15 is 0 Å². The molecule has 9 heteroatoms. The molecule has 0 aliphatic carbocycles. The Labute approximate surface area is 118 Å². The van der Waals surface area contributed by atoms with Crippen LogP contribution in [0.4, 0.5) is 15.8 Å². The quantitative estimate of drug-likeness (QED) is 0.461. The monoisotopic (exact) mass is 296 g/mol. The molecule has 2 rings (SSSR count). The Bertz CT molecular complexity index is 634. The van der Waals surface area contributed by atoms with Crippen molar-refractivity contribution in [1.82, 2.24) is 10.2 Å². The van der Waals surface area contributed by atoms with E-state index in [1.54, 1.807) is 0 Å². The standard InChI is InChI=1S/C12H13FN4O4/c1-6-11(18)15-4-5-16(6)12(19)9-7(13)2-3-8(10(9)14)17(20)21/h2-3,6H,4-5,14H2,1H3,(H,15,18). The van der Waals surface area contributed by atoms with Crippen LogP contribution in [-0.4, -0.2) is 40.8 Å². The van der Waals surface area contributed by atoms with Crippen LogP contribution in [0.15, 0.2) is 12.1 Å². The van der Waals surface area contributed by atoms with Gasteiger partial charge in [-0.2, -0.15) is 0 Å². The summed E-state index contributed by atoms with van der Waals surface area (Å²) in [5, 5.41) is 13.4. The first-order valence-electron chi connectivity index (χ1n) is 6.15. The molecule has 2 amide bonds. The zero-order chi connectivity index (χ0) is 15.7. The Morgan fingerprint density at radius 2 is 2.24 bits per heavy atom. The fraction of sp³-hybridized carbons (Fsp3) is 0.333. The van der Waals surface area contributed by atoms with Gasteiger partial charge in [-0.05, 0) is 13.0 Å². The van der Waals surface area contributed by atoms with Crippen molar-refractivity contribution < 1.29 is 18.9 Å². The Balaban J connectivity index is 2.46. The van der Waals surface area contributed by atoms with Gasteiger partial charge in [-0.15, -0.1) is 0 Å². The summed E-state index contributed by atoms with van der Waals surface area (Å²) in [4.78, 5) is 35.1. The molecule has 1 heterocycles. The Morgan fingerprint density at radius 3 is 2.86 bits per heavy atom. The average Bonchev–Trinajstić information content (AvgIpc) is 2.41. The van der Waals surface area contributed by atoms with Gasteiger partial charge in [0.05, 0.1) is 4.92 Å². The minimum absolute atomic E-state index is 0.174. The highest BCUT2D eigenvalue weighted by atomic mass is 19.1. The minimum Gasteiger partial charge on any atom is -0.392 e. The summed E-state index contributed by atoms with van der Waals surface area (Å²) in [6, 6.07) is 0.911. The molecule has 3 N–H and O–H groups in total. The maximum Gasteiger partial charge on any atom is 0.293 e. The topological polar surface area (TPSA) is 119 Å². The van der Waals surface area contributed by atoms with Crippen LogP contribution >= 0.6 is 0 Å². The van der Waals surface area contributed by atoms with Gasteiger partial charge in [-0.25, -0.2) is 4.39 Å². The third kappa shape index (κ3) is 2.49. The second kappa shape index (κ2) is 5.35. The van der Waals surface area contributed by atoms with Crippen LogP contribution in [0.25, 0.3) is 0 Å². The first-order valence-corrected chi connectivity index (χ1v) is 6.15. The van der Waals surface area contributed by atoms with Gasteiger partial charge in [0.15, 0.2) is 0 Å². The third-order valence-electron chi connectivity index (χ3n) is 3.34. The summed E-state index contributed by atoms with van der Waals surface area (Å²) in [5.74, 6) is -2.17. The van der Waals surface area contributed by atoms with E-state index in [9.17, 15) is 24.1 Å². The minimum atomic E-state index is -0.957. The molecule has 1 aromatic rings. The highest BCUT2D eigenvalue weighted by Crippen LogP contribution is 2.29. The number of rotatable bonds is 2. The van der Waals surface area contributed by atoms with Crippen molar-refractivity contribution in [3.05, 3.63) is 33.6 Å². The van der Waals surface area contributed by atoms with Crippen molar-refractivity contribution >= 4 is 23.2 Å². The van der Waals surface area contributed by atoms with Gasteiger partial charge in [0.1, 0.15) is 23.1 Å². The number of carbonyl (C=O) groups excluding carboxylic acids is 2. The van der Waals surface area contributed by atoms with Crippen LogP contribution in [0.5, 0.6) is 0 Å². The summed E-state index contributed by atoms with van der Waals surface area (Å²) in [7, 11) is 0. The molecule has 1 atom stereocenters. The van der Waals surface area contributed by atoms with Gasteiger partial charge in [-0.3, -0.25) is 19.7 Å². The number of nitrogen functional groups attached to an aromatic ring is 1. The van der Waals surface area contributed by atoms with E-state index in [0.29, 0.717) is 0 Å². The molecule has 0 spiro atoms. The summed E-state index contributed by atoms with van der Waals surface area (Å²) in [6.07, 6.45) is 0. The number of nitro groups is 1. The van der Waals surface area contributed by atoms with Gasteiger partial charge < -0.3 is 16.0 Å². The molecular formula is C12H13FN4O4. The number of anilines is 1. The maximum atomic E-state index is 13.9. The third-order valence-corrected chi connectivity index (χ3v) is 3.34. The summed E-state index contributed by atoms with van der Waals surface area (Å²) >= 11 is 0. The first-order chi connectivity index (χ1) is 9.84. The van der Waals surface area contributed by atoms with Crippen molar-refractivity contribution in [3.8, 4) is 0 Å². The molecule has 8 nitrogen and oxygen atoms in total. The smallest absolute Gasteiger partial charge is 0.293 e. The maximum absolute atomic E-state index is 13.9. The average molecular weight is 296 g/mol. The lowest BCUT2D eigenvalue weighted by Crippen LogP contribution is -2.56. The molecule has 0 radical (unpaired) electrons. The van der Waals surface area contributed by atoms with E-state index in [1.165, 1.54) is 6.92 Å². The zero-order valence-corrected chi connectivity index (χ0v) is 11.1. The number of amides is 2. The fourth-order valence-electron chi connectivity index (χ4n) is 2.16. The lowest BCUT2D eigenvalue weighted by molar-refractivity contribution is -0.384. The summed E-state index contributed by atoms with van der Waals surface area (Å²) in [6.45, 7) is 1.89. The number of piperazine rings is 1. The number of hydrogen-bond donors (Lipinski definition) is 2. The van der Waals surface area contributed by atoms with E-state index in [-0.39, 0.29) is 19.0 Å². The van der Waals surface area contributed by atoms with Gasteiger partial charge in [0, 0.05) is 19.2 Å². The van der Waals surface area contributed by atoms with Gasteiger partial charge in [0.25, 0.3) is 11.6 Å². The van der Waals surface area contributed by atoms with Gasteiger partial charge >= 0.3 is 0 Å². The lowest BCUT2D eigenvalue weighted by atomic mass is 10.1. The van der Waals surface area contributed by atoms with Crippen LogP contribution in [0.3, 0.4) is 0 Å². The molecule has 1 fully saturated rings. The van der Waals surface area contributed by atoms with Crippen LogP contribution in [-0.2, 0) is 4.79 Å². The normalized spacial score (nSPS) is 18.3. The molecule has 0 bridgehead atoms. The Hall–Kier alpha value is -2.71. The molecule has 0 aromatic heterocycles. The molecule has 1 saturated heterocycles. The predicted molar refractivity (Wildman–Crippen MR) is 71.0 cm³/mol. The van der Waals surface area contributed by atoms with E-state index in [2.05, 4.69) is 5.32 Å². The lowest BCUT2D eigenvalue weighted by Gasteiger charge is -2.33. The molecule has 0 saturated carbocycles. The number of nitrogens with two attached hydrogens (primary N) is 1. The van der Waals surface area contributed by atoms with Crippen molar-refractivity contribution in [1.29, 1.82) is 0 Å². The molecular weight excluding hydrogens is 283 g/mol. The largest absolute Gasteiger partial charge is 0.392 e.